The SMILES string of the molecule is Cc1cc(C)c(S(=O)(=O)NCCCCCCn2c(=O)c3ccccc3c3ccc4ccccc4c32)c(C)c1. The molecule has 5 nitrogen and oxygen atoms in total. The maximum absolute atomic E-state index is 13.6. The molecule has 0 radical (unpaired) electrons. The highest BCUT2D eigenvalue weighted by atomic mass is 32.2. The number of nitrogens with one attached hydrogen (secondary N) is 1. The minimum atomic E-state index is -3.54. The largest absolute Gasteiger partial charge is 0.307 e. The second-order valence-corrected chi connectivity index (χ2v) is 11.9. The van der Waals surface area contributed by atoms with Crippen molar-refractivity contribution in [3.05, 3.63) is 99.8 Å². The van der Waals surface area contributed by atoms with Crippen LogP contribution >= 0.6 is 0 Å². The molecule has 0 aliphatic rings. The molecule has 4 aromatic carbocycles. The lowest BCUT2D eigenvalue weighted by Gasteiger charge is -2.15. The molecule has 5 aromatic rings. The minimum Gasteiger partial charge on any atom is -0.307 e. The normalized spacial score (nSPS) is 12.1. The quantitative estimate of drug-likeness (QED) is 0.170. The molecule has 0 aliphatic carbocycles. The predicted molar refractivity (Wildman–Crippen MR) is 158 cm³/mol. The van der Waals surface area contributed by atoms with Crippen molar-refractivity contribution >= 4 is 42.5 Å². The average molecular weight is 527 g/mol. The zero-order chi connectivity index (χ0) is 26.9. The van der Waals surface area contributed by atoms with Crippen molar-refractivity contribution in [1.29, 1.82) is 0 Å². The highest BCUT2D eigenvalue weighted by Gasteiger charge is 2.19. The number of aromatic nitrogens is 1. The first kappa shape index (κ1) is 26.1. The molecule has 1 heterocycles. The van der Waals surface area contributed by atoms with E-state index in [0.29, 0.717) is 18.0 Å². The third kappa shape index (κ3) is 4.98. The number of sulfonamides is 1. The standard InChI is InChI=1S/C32H34N2O3S/c1-22-20-23(2)31(24(3)21-22)38(36,37)33-18-10-4-5-11-19-34-30-26-13-7-6-12-25(26)16-17-28(30)27-14-8-9-15-29(27)32(34)35/h6-9,12-17,20-21,33H,4-5,10-11,18-19H2,1-3H3. The van der Waals surface area contributed by atoms with E-state index in [9.17, 15) is 13.2 Å². The van der Waals surface area contributed by atoms with Crippen LogP contribution in [0.2, 0.25) is 0 Å². The Morgan fingerprint density at radius 3 is 2.08 bits per heavy atom. The first-order valence-electron chi connectivity index (χ1n) is 13.3. The third-order valence-electron chi connectivity index (χ3n) is 7.34. The Labute approximate surface area is 224 Å². The highest BCUT2D eigenvalue weighted by Crippen LogP contribution is 2.30. The molecule has 38 heavy (non-hydrogen) atoms. The van der Waals surface area contributed by atoms with E-state index >= 15 is 0 Å². The second-order valence-electron chi connectivity index (χ2n) is 10.2. The molecule has 0 saturated carbocycles. The van der Waals surface area contributed by atoms with Gasteiger partial charge in [0.1, 0.15) is 0 Å². The van der Waals surface area contributed by atoms with E-state index < -0.39 is 10.0 Å². The van der Waals surface area contributed by atoms with Crippen LogP contribution in [0.25, 0.3) is 32.4 Å². The third-order valence-corrected chi connectivity index (χ3v) is 9.10. The number of hydrogen-bond acceptors (Lipinski definition) is 3. The number of pyridine rings is 1. The lowest BCUT2D eigenvalue weighted by molar-refractivity contribution is 0.557. The van der Waals surface area contributed by atoms with Gasteiger partial charge in [-0.1, -0.05) is 85.1 Å². The summed E-state index contributed by atoms with van der Waals surface area (Å²) in [5.41, 5.74) is 3.64. The van der Waals surface area contributed by atoms with E-state index in [0.717, 1.165) is 74.8 Å². The van der Waals surface area contributed by atoms with Crippen LogP contribution in [0.4, 0.5) is 0 Å². The van der Waals surface area contributed by atoms with E-state index in [2.05, 4.69) is 29.0 Å². The van der Waals surface area contributed by atoms with Crippen LogP contribution in [0.1, 0.15) is 42.4 Å². The molecule has 0 bridgehead atoms. The summed E-state index contributed by atoms with van der Waals surface area (Å²) in [4.78, 5) is 13.9. The number of hydrogen-bond donors (Lipinski definition) is 1. The molecule has 0 atom stereocenters. The lowest BCUT2D eigenvalue weighted by Crippen LogP contribution is -2.26. The van der Waals surface area contributed by atoms with Gasteiger partial charge in [-0.3, -0.25) is 4.79 Å². The minimum absolute atomic E-state index is 0.0426. The fourth-order valence-corrected chi connectivity index (χ4v) is 7.27. The fourth-order valence-electron chi connectivity index (χ4n) is 5.75. The molecule has 0 fully saturated rings. The molecule has 6 heteroatoms. The molecule has 0 aliphatic heterocycles. The molecule has 5 rings (SSSR count). The van der Waals surface area contributed by atoms with Crippen LogP contribution in [0.3, 0.4) is 0 Å². The summed E-state index contributed by atoms with van der Waals surface area (Å²) in [5, 5.41) is 5.03. The number of rotatable bonds is 9. The Morgan fingerprint density at radius 2 is 1.34 bits per heavy atom. The molecule has 1 N–H and O–H groups in total. The molecule has 196 valence electrons. The van der Waals surface area contributed by atoms with E-state index in [1.165, 1.54) is 0 Å². The van der Waals surface area contributed by atoms with Crippen molar-refractivity contribution in [3.8, 4) is 0 Å². The maximum Gasteiger partial charge on any atom is 0.258 e. The summed E-state index contributed by atoms with van der Waals surface area (Å²) >= 11 is 0. The maximum atomic E-state index is 13.6. The van der Waals surface area contributed by atoms with Crippen molar-refractivity contribution in [1.82, 2.24) is 9.29 Å². The summed E-state index contributed by atoms with van der Waals surface area (Å²) < 4.78 is 30.5. The van der Waals surface area contributed by atoms with Crippen LogP contribution < -0.4 is 10.3 Å². The summed E-state index contributed by atoms with van der Waals surface area (Å²) in [7, 11) is -3.54. The molecule has 0 unspecified atom stereocenters. The Kier molecular flexibility index (Phi) is 7.37. The summed E-state index contributed by atoms with van der Waals surface area (Å²) in [6.45, 7) is 6.69. The van der Waals surface area contributed by atoms with Gasteiger partial charge >= 0.3 is 0 Å². The van der Waals surface area contributed by atoms with Crippen molar-refractivity contribution in [2.24, 2.45) is 0 Å². The number of nitrogens with zero attached hydrogens (tertiary/aromatic N) is 1. The van der Waals surface area contributed by atoms with E-state index in [1.807, 2.05) is 73.9 Å². The number of aryl methyl sites for hydroxylation is 4. The van der Waals surface area contributed by atoms with Crippen LogP contribution in [-0.4, -0.2) is 19.5 Å². The van der Waals surface area contributed by atoms with Gasteiger partial charge in [0.15, 0.2) is 0 Å². The van der Waals surface area contributed by atoms with E-state index in [-0.39, 0.29) is 5.56 Å². The summed E-state index contributed by atoms with van der Waals surface area (Å²) in [6, 6.07) is 24.1. The monoisotopic (exact) mass is 526 g/mol. The summed E-state index contributed by atoms with van der Waals surface area (Å²) in [5.74, 6) is 0. The molecule has 0 amide bonds. The van der Waals surface area contributed by atoms with Crippen molar-refractivity contribution < 1.29 is 8.42 Å². The lowest BCUT2D eigenvalue weighted by atomic mass is 10.0. The van der Waals surface area contributed by atoms with Crippen LogP contribution in [0.5, 0.6) is 0 Å². The van der Waals surface area contributed by atoms with Crippen molar-refractivity contribution in [2.75, 3.05) is 6.54 Å². The Morgan fingerprint density at radius 1 is 0.711 bits per heavy atom. The molecule has 1 aromatic heterocycles. The highest BCUT2D eigenvalue weighted by molar-refractivity contribution is 7.89. The van der Waals surface area contributed by atoms with Gasteiger partial charge in [0.05, 0.1) is 10.4 Å². The first-order valence-corrected chi connectivity index (χ1v) is 14.8. The van der Waals surface area contributed by atoms with Gasteiger partial charge in [0.25, 0.3) is 5.56 Å². The Hall–Kier alpha value is -3.48. The van der Waals surface area contributed by atoms with Gasteiger partial charge in [-0.25, -0.2) is 13.1 Å². The van der Waals surface area contributed by atoms with Crippen LogP contribution in [-0.2, 0) is 16.6 Å². The molecule has 0 spiro atoms. The van der Waals surface area contributed by atoms with Gasteiger partial charge in [-0.2, -0.15) is 0 Å². The van der Waals surface area contributed by atoms with Crippen molar-refractivity contribution in [2.45, 2.75) is 57.9 Å². The molecular formula is C32H34N2O3S. The fraction of sp³-hybridized carbons (Fsp3) is 0.281. The Bertz CT molecular complexity index is 1800. The van der Waals surface area contributed by atoms with E-state index in [1.54, 1.807) is 0 Å². The molecular weight excluding hydrogens is 492 g/mol. The number of fused-ring (bicyclic) bond motifs is 5. The van der Waals surface area contributed by atoms with Gasteiger partial charge < -0.3 is 4.57 Å². The molecule has 0 saturated heterocycles. The topological polar surface area (TPSA) is 68.2 Å². The zero-order valence-electron chi connectivity index (χ0n) is 22.3. The van der Waals surface area contributed by atoms with Gasteiger partial charge in [0, 0.05) is 29.2 Å². The number of unbranched alkanes of at least 4 members (excludes halogenated alkanes) is 3. The zero-order valence-corrected chi connectivity index (χ0v) is 23.1. The van der Waals surface area contributed by atoms with Crippen molar-refractivity contribution in [3.63, 3.8) is 0 Å². The average Bonchev–Trinajstić information content (AvgIpc) is 2.88. The second kappa shape index (κ2) is 10.7. The van der Waals surface area contributed by atoms with E-state index in [4.69, 9.17) is 0 Å². The number of benzene rings is 4. The van der Waals surface area contributed by atoms with Gasteiger partial charge in [0.2, 0.25) is 10.0 Å². The van der Waals surface area contributed by atoms with Gasteiger partial charge in [-0.05, 0) is 61.6 Å². The van der Waals surface area contributed by atoms with Gasteiger partial charge in [-0.15, -0.1) is 0 Å². The summed E-state index contributed by atoms with van der Waals surface area (Å²) in [6.07, 6.45) is 3.39. The smallest absolute Gasteiger partial charge is 0.258 e. The Balaban J connectivity index is 1.28. The predicted octanol–water partition coefficient (Wildman–Crippen LogP) is 6.77. The first-order chi connectivity index (χ1) is 18.3. The van der Waals surface area contributed by atoms with Crippen LogP contribution in [0.15, 0.2) is 82.5 Å². The van der Waals surface area contributed by atoms with Crippen LogP contribution in [0, 0.1) is 20.8 Å².